The molecule has 2 amide bonds. The molecule has 0 aliphatic carbocycles. The van der Waals surface area contributed by atoms with Crippen LogP contribution in [0, 0.1) is 5.92 Å². The third-order valence-electron chi connectivity index (χ3n) is 4.17. The Hall–Kier alpha value is -2.13. The summed E-state index contributed by atoms with van der Waals surface area (Å²) in [7, 11) is 0. The van der Waals surface area contributed by atoms with Crippen LogP contribution in [-0.4, -0.2) is 48.7 Å². The molecule has 1 rings (SSSR count). The molecule has 4 N–H and O–H groups in total. The number of amides is 2. The van der Waals surface area contributed by atoms with Gasteiger partial charge < -0.3 is 21.1 Å². The molecule has 0 saturated carbocycles. The van der Waals surface area contributed by atoms with Crippen molar-refractivity contribution in [1.82, 2.24) is 16.0 Å². The molecule has 0 spiro atoms. The van der Waals surface area contributed by atoms with Crippen LogP contribution in [0.2, 0.25) is 0 Å². The maximum Gasteiger partial charge on any atom is 0.416 e. The van der Waals surface area contributed by atoms with Crippen molar-refractivity contribution in [2.45, 2.75) is 51.9 Å². The number of hydrogen-bond donors (Lipinski definition) is 4. The lowest BCUT2D eigenvalue weighted by Crippen LogP contribution is -2.52. The fourth-order valence-electron chi connectivity index (χ4n) is 2.66. The number of hydrogen-bond acceptors (Lipinski definition) is 4. The fourth-order valence-corrected chi connectivity index (χ4v) is 2.66. The minimum absolute atomic E-state index is 0.186. The molecule has 0 aromatic heterocycles. The van der Waals surface area contributed by atoms with Gasteiger partial charge in [0.05, 0.1) is 24.3 Å². The lowest BCUT2D eigenvalue weighted by molar-refractivity contribution is -0.137. The summed E-state index contributed by atoms with van der Waals surface area (Å²) in [6, 6.07) is 3.44. The summed E-state index contributed by atoms with van der Waals surface area (Å²) in [6.07, 6.45) is -4.06. The maximum atomic E-state index is 12.8. The Morgan fingerprint density at radius 3 is 2.45 bits per heavy atom. The van der Waals surface area contributed by atoms with Gasteiger partial charge in [-0.15, -0.1) is 0 Å². The van der Waals surface area contributed by atoms with Crippen LogP contribution >= 0.6 is 0 Å². The Morgan fingerprint density at radius 2 is 1.86 bits per heavy atom. The van der Waals surface area contributed by atoms with Crippen LogP contribution in [-0.2, 0) is 11.0 Å². The van der Waals surface area contributed by atoms with Crippen molar-refractivity contribution in [2.75, 3.05) is 19.6 Å². The van der Waals surface area contributed by atoms with Gasteiger partial charge in [-0.25, -0.2) is 0 Å². The van der Waals surface area contributed by atoms with Crippen LogP contribution in [0.25, 0.3) is 0 Å². The van der Waals surface area contributed by atoms with Crippen LogP contribution in [0.1, 0.15) is 49.5 Å². The number of carbonyl (C=O) groups is 2. The second-order valence-corrected chi connectivity index (χ2v) is 7.34. The third kappa shape index (κ3) is 9.27. The summed E-state index contributed by atoms with van der Waals surface area (Å²) in [4.78, 5) is 24.3. The number of aliphatic hydroxyl groups excluding tert-OH is 1. The molecule has 0 saturated heterocycles. The van der Waals surface area contributed by atoms with Crippen molar-refractivity contribution in [1.29, 1.82) is 0 Å². The average molecular weight is 417 g/mol. The number of benzene rings is 1. The molecule has 1 aromatic carbocycles. The minimum Gasteiger partial charge on any atom is -0.391 e. The van der Waals surface area contributed by atoms with Crippen molar-refractivity contribution in [3.05, 3.63) is 35.4 Å². The van der Waals surface area contributed by atoms with Gasteiger partial charge in [0.2, 0.25) is 5.91 Å². The number of rotatable bonds is 11. The number of aliphatic hydroxyl groups is 1. The molecular formula is C20H30F3N3O3. The van der Waals surface area contributed by atoms with E-state index in [9.17, 15) is 27.9 Å². The molecule has 9 heteroatoms. The molecule has 0 fully saturated rings. The summed E-state index contributed by atoms with van der Waals surface area (Å²) in [5.41, 5.74) is -1.12. The summed E-state index contributed by atoms with van der Waals surface area (Å²) in [6.45, 7) is 6.66. The Bertz CT molecular complexity index is 666. The highest BCUT2D eigenvalue weighted by atomic mass is 19.4. The van der Waals surface area contributed by atoms with Gasteiger partial charge in [0, 0.05) is 12.1 Å². The van der Waals surface area contributed by atoms with Gasteiger partial charge in [-0.05, 0) is 37.1 Å². The van der Waals surface area contributed by atoms with Crippen LogP contribution in [0.15, 0.2) is 24.3 Å². The van der Waals surface area contributed by atoms with Gasteiger partial charge in [-0.1, -0.05) is 33.3 Å². The highest BCUT2D eigenvalue weighted by Gasteiger charge is 2.31. The largest absolute Gasteiger partial charge is 0.416 e. The SMILES string of the molecule is CCC[C@H](O)[C@H](CNCC(C)C)NC(=O)CNC(=O)c1cccc(C(F)(F)F)c1. The Balaban J connectivity index is 2.63. The third-order valence-corrected chi connectivity index (χ3v) is 4.17. The highest BCUT2D eigenvalue weighted by molar-refractivity contribution is 5.96. The predicted octanol–water partition coefficient (Wildman–Crippen LogP) is 2.33. The number of alkyl halides is 3. The van der Waals surface area contributed by atoms with E-state index in [4.69, 9.17) is 0 Å². The Morgan fingerprint density at radius 1 is 1.17 bits per heavy atom. The van der Waals surface area contributed by atoms with E-state index in [1.807, 2.05) is 20.8 Å². The number of nitrogens with one attached hydrogen (secondary N) is 3. The summed E-state index contributed by atoms with van der Waals surface area (Å²) in [5.74, 6) is -0.909. The second kappa shape index (κ2) is 11.8. The zero-order valence-electron chi connectivity index (χ0n) is 17.0. The van der Waals surface area contributed by atoms with Gasteiger partial charge in [-0.3, -0.25) is 9.59 Å². The summed E-state index contributed by atoms with van der Waals surface area (Å²) in [5, 5.41) is 18.4. The fraction of sp³-hybridized carbons (Fsp3) is 0.600. The first-order valence-electron chi connectivity index (χ1n) is 9.68. The summed E-state index contributed by atoms with van der Waals surface area (Å²) >= 11 is 0. The molecule has 0 aliphatic rings. The van der Waals surface area contributed by atoms with Crippen LogP contribution < -0.4 is 16.0 Å². The standard InChI is InChI=1S/C20H30F3N3O3/c1-4-6-17(27)16(11-24-10-13(2)3)26-18(28)12-25-19(29)14-7-5-8-15(9-14)20(21,22)23/h5,7-9,13,16-17,24,27H,4,6,10-12H2,1-3H3,(H,25,29)(H,26,28)/t16-,17-/m0/s1. The zero-order valence-corrected chi connectivity index (χ0v) is 17.0. The lowest BCUT2D eigenvalue weighted by atomic mass is 10.1. The maximum absolute atomic E-state index is 12.8. The zero-order chi connectivity index (χ0) is 22.0. The van der Waals surface area contributed by atoms with Gasteiger partial charge in [0.15, 0.2) is 0 Å². The van der Waals surface area contributed by atoms with Gasteiger partial charge >= 0.3 is 6.18 Å². The van der Waals surface area contributed by atoms with Gasteiger partial charge in [0.1, 0.15) is 0 Å². The van der Waals surface area contributed by atoms with Crippen molar-refractivity contribution < 1.29 is 27.9 Å². The topological polar surface area (TPSA) is 90.5 Å². The van der Waals surface area contributed by atoms with Gasteiger partial charge in [-0.2, -0.15) is 13.2 Å². The predicted molar refractivity (Wildman–Crippen MR) is 104 cm³/mol. The molecule has 0 aliphatic heterocycles. The smallest absolute Gasteiger partial charge is 0.391 e. The van der Waals surface area contributed by atoms with E-state index in [0.717, 1.165) is 31.2 Å². The quantitative estimate of drug-likeness (QED) is 0.445. The number of carbonyl (C=O) groups excluding carboxylic acids is 2. The molecular weight excluding hydrogens is 387 g/mol. The first-order valence-corrected chi connectivity index (χ1v) is 9.68. The van der Waals surface area contributed by atoms with E-state index in [-0.39, 0.29) is 5.56 Å². The monoisotopic (exact) mass is 417 g/mol. The minimum atomic E-state index is -4.56. The normalized spacial score (nSPS) is 13.8. The molecule has 0 heterocycles. The molecule has 0 unspecified atom stereocenters. The molecule has 1 aromatic rings. The summed E-state index contributed by atoms with van der Waals surface area (Å²) < 4.78 is 38.3. The molecule has 0 radical (unpaired) electrons. The van der Waals surface area contributed by atoms with E-state index >= 15 is 0 Å². The molecule has 29 heavy (non-hydrogen) atoms. The van der Waals surface area contributed by atoms with Gasteiger partial charge in [0.25, 0.3) is 5.91 Å². The second-order valence-electron chi connectivity index (χ2n) is 7.34. The van der Waals surface area contributed by atoms with Crippen molar-refractivity contribution >= 4 is 11.8 Å². The van der Waals surface area contributed by atoms with Crippen LogP contribution in [0.5, 0.6) is 0 Å². The number of halogens is 3. The van der Waals surface area contributed by atoms with E-state index in [0.29, 0.717) is 18.9 Å². The molecule has 0 bridgehead atoms. The van der Waals surface area contributed by atoms with E-state index < -0.39 is 42.2 Å². The molecule has 164 valence electrons. The van der Waals surface area contributed by atoms with Crippen LogP contribution in [0.3, 0.4) is 0 Å². The first-order chi connectivity index (χ1) is 13.5. The van der Waals surface area contributed by atoms with E-state index in [1.54, 1.807) is 0 Å². The van der Waals surface area contributed by atoms with Crippen LogP contribution in [0.4, 0.5) is 13.2 Å². The van der Waals surface area contributed by atoms with Crippen molar-refractivity contribution in [2.24, 2.45) is 5.92 Å². The van der Waals surface area contributed by atoms with Crippen molar-refractivity contribution in [3.63, 3.8) is 0 Å². The first kappa shape index (κ1) is 24.9. The Kier molecular flexibility index (Phi) is 10.1. The van der Waals surface area contributed by atoms with Crippen molar-refractivity contribution in [3.8, 4) is 0 Å². The molecule has 6 nitrogen and oxygen atoms in total. The highest BCUT2D eigenvalue weighted by Crippen LogP contribution is 2.29. The lowest BCUT2D eigenvalue weighted by Gasteiger charge is -2.25. The molecule has 2 atom stereocenters. The Labute approximate surface area is 169 Å². The van der Waals surface area contributed by atoms with E-state index in [2.05, 4.69) is 16.0 Å². The van der Waals surface area contributed by atoms with E-state index in [1.165, 1.54) is 6.07 Å². The average Bonchev–Trinajstić information content (AvgIpc) is 2.64.